The number of fused-ring (bicyclic) bond motifs is 20. The van der Waals surface area contributed by atoms with E-state index in [2.05, 4.69) is 67.6 Å². The summed E-state index contributed by atoms with van der Waals surface area (Å²) in [6.45, 7) is 0. The van der Waals surface area contributed by atoms with Crippen LogP contribution in [0, 0.1) is 46.5 Å². The van der Waals surface area contributed by atoms with Gasteiger partial charge in [-0.15, -0.1) is 0 Å². The summed E-state index contributed by atoms with van der Waals surface area (Å²) < 4.78 is 126. The lowest BCUT2D eigenvalue weighted by atomic mass is 10.1. The number of H-pyrrole nitrogens is 3. The standard InChI is InChI=1S/C40H36F8N16/c1-49-11-9-10-12(28(51-3)27(11)50-2)34-57-33(10)58-35-13-14(20(42)24(46)23(45)19(13)41)36(59-35)60-37-15-16(22(44)26(48)25(47)21(15)43)38(61-37)63-40-18-17(39(62-34)64(40)56-8)29(52-4)31(54-6)32(55-7)30(18)53-5/h9,49-56H,1-8H3,(H3,57,58,59,60,61,62,63). The van der Waals surface area contributed by atoms with Crippen LogP contribution < -0.4 is 64.6 Å². The number of aromatic nitrogens is 4. The Kier molecular flexibility index (Phi) is 9.63. The number of nitrogens with zero attached hydrogens (tertiary/aromatic N) is 5. The van der Waals surface area contributed by atoms with Crippen molar-refractivity contribution in [2.24, 2.45) is 20.0 Å². The van der Waals surface area contributed by atoms with Crippen molar-refractivity contribution < 1.29 is 35.1 Å². The van der Waals surface area contributed by atoms with E-state index >= 15 is 35.1 Å². The van der Waals surface area contributed by atoms with Crippen molar-refractivity contribution in [1.29, 1.82) is 0 Å². The number of aromatic amines is 3. The molecule has 4 aromatic heterocycles. The van der Waals surface area contributed by atoms with Crippen LogP contribution in [0.4, 0.5) is 98.2 Å². The second-order valence-electron chi connectivity index (χ2n) is 14.2. The van der Waals surface area contributed by atoms with Crippen LogP contribution in [0.2, 0.25) is 0 Å². The van der Waals surface area contributed by atoms with Crippen LogP contribution in [0.15, 0.2) is 26.0 Å². The number of anilines is 7. The van der Waals surface area contributed by atoms with Crippen LogP contribution in [0.5, 0.6) is 0 Å². The molecule has 4 aromatic carbocycles. The summed E-state index contributed by atoms with van der Waals surface area (Å²) >= 11 is 0. The molecular weight excluding hydrogens is 857 g/mol. The molecule has 0 saturated carbocycles. The van der Waals surface area contributed by atoms with Crippen LogP contribution in [-0.2, 0) is 0 Å². The minimum absolute atomic E-state index is 0.0658. The summed E-state index contributed by atoms with van der Waals surface area (Å²) in [5, 5.41) is 19.7. The summed E-state index contributed by atoms with van der Waals surface area (Å²) in [5.41, 5.74) is 5.19. The highest BCUT2D eigenvalue weighted by Crippen LogP contribution is 2.47. The Labute approximate surface area is 354 Å². The maximum atomic E-state index is 16.2. The molecule has 8 aromatic rings. The Hall–Kier alpha value is -7.92. The average Bonchev–Trinajstić information content (AvgIpc) is 4.03. The lowest BCUT2D eigenvalue weighted by molar-refractivity contribution is 0.418. The Morgan fingerprint density at radius 3 is 1.17 bits per heavy atom. The van der Waals surface area contributed by atoms with E-state index in [0.717, 1.165) is 0 Å². The van der Waals surface area contributed by atoms with Gasteiger partial charge in [-0.1, -0.05) is 0 Å². The molecule has 0 saturated heterocycles. The zero-order valence-electron chi connectivity index (χ0n) is 34.8. The lowest BCUT2D eigenvalue weighted by Gasteiger charge is -2.19. The third kappa shape index (κ3) is 5.39. The van der Waals surface area contributed by atoms with Gasteiger partial charge in [-0.05, 0) is 6.07 Å². The van der Waals surface area contributed by atoms with Gasteiger partial charge in [0.2, 0.25) is 0 Å². The Balaban J connectivity index is 1.66. The SMILES string of the molecule is CNc1cc2c3[nH]c(c2c(NC)c1NC)N=c1c2c(NC)c(NC)c(NC)c(NC)c2c(n1NC)=Nc1[nH]c(c2c(F)c(F)c(F)c(F)c12)N=c1[nH]c(c2c(F)c(F)c(F)c(F)c12)=N3. The highest BCUT2D eigenvalue weighted by Gasteiger charge is 2.31. The molecule has 0 unspecified atom stereocenters. The first-order valence-electron chi connectivity index (χ1n) is 19.3. The van der Waals surface area contributed by atoms with Gasteiger partial charge in [0.15, 0.2) is 57.5 Å². The highest BCUT2D eigenvalue weighted by atomic mass is 19.2. The molecule has 8 bridgehead atoms. The van der Waals surface area contributed by atoms with Gasteiger partial charge in [-0.3, -0.25) is 0 Å². The van der Waals surface area contributed by atoms with E-state index < -0.39 is 90.7 Å². The van der Waals surface area contributed by atoms with E-state index in [0.29, 0.717) is 61.4 Å². The summed E-state index contributed by atoms with van der Waals surface area (Å²) in [4.78, 5) is 27.0. The van der Waals surface area contributed by atoms with Crippen molar-refractivity contribution in [3.63, 3.8) is 0 Å². The van der Waals surface area contributed by atoms with E-state index in [1.807, 2.05) is 0 Å². The molecular formula is C40H36F8N16. The number of rotatable bonds is 8. The van der Waals surface area contributed by atoms with Gasteiger partial charge in [-0.25, -0.2) is 59.8 Å². The minimum atomic E-state index is -2.23. The van der Waals surface area contributed by atoms with Crippen LogP contribution in [0.3, 0.4) is 0 Å². The molecule has 16 nitrogen and oxygen atoms in total. The lowest BCUT2D eigenvalue weighted by Crippen LogP contribution is -2.33. The molecule has 0 radical (unpaired) electrons. The quantitative estimate of drug-likeness (QED) is 0.0446. The first kappa shape index (κ1) is 41.4. The molecule has 5 heterocycles. The van der Waals surface area contributed by atoms with Gasteiger partial charge in [-0.2, -0.15) is 0 Å². The predicted octanol–water partition coefficient (Wildman–Crippen LogP) is 6.78. The van der Waals surface area contributed by atoms with Crippen LogP contribution in [0.25, 0.3) is 43.1 Å². The van der Waals surface area contributed by atoms with Crippen molar-refractivity contribution in [3.05, 3.63) is 74.6 Å². The monoisotopic (exact) mass is 892 g/mol. The Morgan fingerprint density at radius 1 is 0.375 bits per heavy atom. The van der Waals surface area contributed by atoms with Crippen molar-refractivity contribution in [1.82, 2.24) is 19.6 Å². The van der Waals surface area contributed by atoms with Gasteiger partial charge in [0, 0.05) is 61.8 Å². The molecule has 0 spiro atoms. The first-order chi connectivity index (χ1) is 30.7. The smallest absolute Gasteiger partial charge is 0.198 e. The van der Waals surface area contributed by atoms with Crippen LogP contribution in [0.1, 0.15) is 0 Å². The molecule has 24 heteroatoms. The van der Waals surface area contributed by atoms with E-state index in [1.54, 1.807) is 55.4 Å². The maximum absolute atomic E-state index is 16.2. The third-order valence-corrected chi connectivity index (χ3v) is 11.3. The number of nitrogens with one attached hydrogen (secondary N) is 11. The van der Waals surface area contributed by atoms with Crippen LogP contribution >= 0.6 is 0 Å². The number of halogens is 8. The largest absolute Gasteiger partial charge is 0.386 e. The first-order valence-corrected chi connectivity index (χ1v) is 19.3. The Bertz CT molecular complexity index is 3610. The number of benzene rings is 4. The van der Waals surface area contributed by atoms with E-state index in [1.165, 1.54) is 11.7 Å². The normalized spacial score (nSPS) is 12.2. The zero-order valence-corrected chi connectivity index (χ0v) is 34.8. The zero-order chi connectivity index (χ0) is 45.8. The molecule has 64 heavy (non-hydrogen) atoms. The predicted molar refractivity (Wildman–Crippen MR) is 232 cm³/mol. The second kappa shape index (κ2) is 14.9. The minimum Gasteiger partial charge on any atom is -0.386 e. The van der Waals surface area contributed by atoms with Crippen molar-refractivity contribution in [3.8, 4) is 0 Å². The molecule has 332 valence electrons. The molecule has 0 fully saturated rings. The average molecular weight is 893 g/mol. The van der Waals surface area contributed by atoms with Crippen molar-refractivity contribution in [2.75, 3.05) is 99.0 Å². The van der Waals surface area contributed by atoms with E-state index in [-0.39, 0.29) is 22.6 Å². The molecule has 11 N–H and O–H groups in total. The molecule has 0 amide bonds. The molecule has 0 atom stereocenters. The summed E-state index contributed by atoms with van der Waals surface area (Å²) in [7, 11) is 13.2. The molecule has 1 aliphatic rings. The highest BCUT2D eigenvalue weighted by molar-refractivity contribution is 6.16. The van der Waals surface area contributed by atoms with E-state index in [9.17, 15) is 0 Å². The molecule has 1 aliphatic heterocycles. The number of hydrogen-bond acceptors (Lipinski definition) is 12. The van der Waals surface area contributed by atoms with Gasteiger partial charge in [0.05, 0.1) is 77.5 Å². The fraction of sp³-hybridized carbons (Fsp3) is 0.200. The van der Waals surface area contributed by atoms with Crippen LogP contribution in [-0.4, -0.2) is 76.0 Å². The maximum Gasteiger partial charge on any atom is 0.198 e. The van der Waals surface area contributed by atoms with E-state index in [4.69, 9.17) is 9.98 Å². The molecule has 9 rings (SSSR count). The third-order valence-electron chi connectivity index (χ3n) is 11.3. The summed E-state index contributed by atoms with van der Waals surface area (Å²) in [6, 6.07) is 1.68. The fourth-order valence-electron chi connectivity index (χ4n) is 8.58. The van der Waals surface area contributed by atoms with Gasteiger partial charge < -0.3 is 57.6 Å². The van der Waals surface area contributed by atoms with Crippen molar-refractivity contribution in [2.45, 2.75) is 0 Å². The van der Waals surface area contributed by atoms with Crippen molar-refractivity contribution >= 4 is 106 Å². The Morgan fingerprint density at radius 2 is 0.750 bits per heavy atom. The fourth-order valence-corrected chi connectivity index (χ4v) is 8.58. The topological polar surface area (TPSA) is 198 Å². The second-order valence-corrected chi connectivity index (χ2v) is 14.2. The summed E-state index contributed by atoms with van der Waals surface area (Å²) in [6.07, 6.45) is 0. The number of hydrogen-bond donors (Lipinski definition) is 11. The summed E-state index contributed by atoms with van der Waals surface area (Å²) in [5.74, 6) is -17.9. The van der Waals surface area contributed by atoms with Gasteiger partial charge in [0.25, 0.3) is 0 Å². The van der Waals surface area contributed by atoms with Gasteiger partial charge >= 0.3 is 0 Å². The molecule has 0 aliphatic carbocycles. The van der Waals surface area contributed by atoms with Gasteiger partial charge in [0.1, 0.15) is 34.2 Å².